The zero-order valence-corrected chi connectivity index (χ0v) is 12.6. The standard InChI is InChI=1S/C15H28N2O2/c1-13(2)17-15(3,12-16)8-4-5-9-19-14-6-10-18-11-7-14/h13-14,17H,4-11H2,1-3H3. The van der Waals surface area contributed by atoms with Crippen molar-refractivity contribution in [3.8, 4) is 6.07 Å². The second-order valence-electron chi connectivity index (χ2n) is 5.88. The minimum absolute atomic E-state index is 0.336. The maximum Gasteiger partial charge on any atom is 0.104 e. The normalized spacial score (nSPS) is 20.2. The summed E-state index contributed by atoms with van der Waals surface area (Å²) in [6, 6.07) is 2.72. The Morgan fingerprint density at radius 1 is 1.37 bits per heavy atom. The number of nitrogens with one attached hydrogen (secondary N) is 1. The maximum absolute atomic E-state index is 9.24. The highest BCUT2D eigenvalue weighted by Gasteiger charge is 2.23. The summed E-state index contributed by atoms with van der Waals surface area (Å²) >= 11 is 0. The van der Waals surface area contributed by atoms with E-state index >= 15 is 0 Å². The number of nitrogens with zero attached hydrogens (tertiary/aromatic N) is 1. The molecule has 0 amide bonds. The zero-order valence-electron chi connectivity index (χ0n) is 12.6. The van der Waals surface area contributed by atoms with Gasteiger partial charge in [-0.3, -0.25) is 5.32 Å². The predicted octanol–water partition coefficient (Wildman–Crippen LogP) is 2.63. The smallest absolute Gasteiger partial charge is 0.104 e. The first-order valence-corrected chi connectivity index (χ1v) is 7.44. The molecule has 0 aromatic carbocycles. The lowest BCUT2D eigenvalue weighted by Crippen LogP contribution is -2.44. The number of hydrogen-bond acceptors (Lipinski definition) is 4. The van der Waals surface area contributed by atoms with Crippen molar-refractivity contribution in [2.45, 2.75) is 70.6 Å². The molecule has 19 heavy (non-hydrogen) atoms. The molecule has 1 heterocycles. The molecule has 4 nitrogen and oxygen atoms in total. The fraction of sp³-hybridized carbons (Fsp3) is 0.933. The first-order chi connectivity index (χ1) is 9.06. The topological polar surface area (TPSA) is 54.3 Å². The van der Waals surface area contributed by atoms with Gasteiger partial charge in [0.25, 0.3) is 0 Å². The quantitative estimate of drug-likeness (QED) is 0.688. The van der Waals surface area contributed by atoms with Crippen molar-refractivity contribution >= 4 is 0 Å². The molecular formula is C15H28N2O2. The molecule has 1 aliphatic heterocycles. The Bertz CT molecular complexity index is 282. The molecule has 0 saturated carbocycles. The van der Waals surface area contributed by atoms with Gasteiger partial charge in [-0.05, 0) is 52.9 Å². The molecule has 0 radical (unpaired) electrons. The van der Waals surface area contributed by atoms with Crippen LogP contribution >= 0.6 is 0 Å². The van der Waals surface area contributed by atoms with Gasteiger partial charge in [0.05, 0.1) is 12.2 Å². The lowest BCUT2D eigenvalue weighted by Gasteiger charge is -2.26. The Kier molecular flexibility index (Phi) is 7.37. The van der Waals surface area contributed by atoms with Crippen LogP contribution in [0.4, 0.5) is 0 Å². The molecule has 1 N–H and O–H groups in total. The molecule has 1 unspecified atom stereocenters. The van der Waals surface area contributed by atoms with Crippen LogP contribution < -0.4 is 5.32 Å². The number of unbranched alkanes of at least 4 members (excludes halogenated alkanes) is 1. The Morgan fingerprint density at radius 2 is 2.05 bits per heavy atom. The second kappa shape index (κ2) is 8.52. The second-order valence-corrected chi connectivity index (χ2v) is 5.88. The first-order valence-electron chi connectivity index (χ1n) is 7.44. The van der Waals surface area contributed by atoms with Crippen molar-refractivity contribution in [1.82, 2.24) is 5.32 Å². The SMILES string of the molecule is CC(C)NC(C)(C#N)CCCCOC1CCOCC1. The molecule has 1 saturated heterocycles. The summed E-state index contributed by atoms with van der Waals surface area (Å²) in [6.45, 7) is 8.58. The highest BCUT2D eigenvalue weighted by atomic mass is 16.5. The van der Waals surface area contributed by atoms with Gasteiger partial charge in [-0.25, -0.2) is 0 Å². The van der Waals surface area contributed by atoms with Gasteiger partial charge in [-0.15, -0.1) is 0 Å². The first kappa shape index (κ1) is 16.4. The van der Waals surface area contributed by atoms with Gasteiger partial charge in [0, 0.05) is 25.9 Å². The van der Waals surface area contributed by atoms with Crippen molar-refractivity contribution in [1.29, 1.82) is 5.26 Å². The van der Waals surface area contributed by atoms with Crippen LogP contribution in [-0.2, 0) is 9.47 Å². The van der Waals surface area contributed by atoms with Gasteiger partial charge < -0.3 is 9.47 Å². The monoisotopic (exact) mass is 268 g/mol. The molecule has 1 atom stereocenters. The summed E-state index contributed by atoms with van der Waals surface area (Å²) in [6.07, 6.45) is 5.33. The van der Waals surface area contributed by atoms with Crippen LogP contribution in [-0.4, -0.2) is 37.5 Å². The lowest BCUT2D eigenvalue weighted by molar-refractivity contribution is -0.0328. The van der Waals surface area contributed by atoms with E-state index in [2.05, 4.69) is 25.2 Å². The van der Waals surface area contributed by atoms with E-state index in [0.717, 1.165) is 51.9 Å². The Balaban J connectivity index is 2.10. The maximum atomic E-state index is 9.24. The number of ether oxygens (including phenoxy) is 2. The molecule has 1 fully saturated rings. The van der Waals surface area contributed by atoms with Crippen LogP contribution in [0.2, 0.25) is 0 Å². The Labute approximate surface area is 117 Å². The summed E-state index contributed by atoms with van der Waals surface area (Å²) in [5, 5.41) is 12.6. The third kappa shape index (κ3) is 6.91. The van der Waals surface area contributed by atoms with Crippen molar-refractivity contribution in [2.24, 2.45) is 0 Å². The molecule has 4 heteroatoms. The molecule has 1 rings (SSSR count). The fourth-order valence-electron chi connectivity index (χ4n) is 2.47. The van der Waals surface area contributed by atoms with Crippen LogP contribution in [0, 0.1) is 11.3 Å². The third-order valence-electron chi connectivity index (χ3n) is 3.45. The minimum Gasteiger partial charge on any atom is -0.381 e. The molecule has 0 aliphatic carbocycles. The van der Waals surface area contributed by atoms with E-state index in [-0.39, 0.29) is 0 Å². The van der Waals surface area contributed by atoms with Crippen LogP contribution in [0.1, 0.15) is 52.9 Å². The summed E-state index contributed by atoms with van der Waals surface area (Å²) in [7, 11) is 0. The third-order valence-corrected chi connectivity index (χ3v) is 3.45. The van der Waals surface area contributed by atoms with Gasteiger partial charge in [0.1, 0.15) is 5.54 Å². The van der Waals surface area contributed by atoms with Gasteiger partial charge in [0.15, 0.2) is 0 Å². The number of nitriles is 1. The van der Waals surface area contributed by atoms with Crippen molar-refractivity contribution in [3.05, 3.63) is 0 Å². The van der Waals surface area contributed by atoms with Crippen molar-refractivity contribution in [2.75, 3.05) is 19.8 Å². The van der Waals surface area contributed by atoms with Crippen molar-refractivity contribution in [3.63, 3.8) is 0 Å². The number of hydrogen-bond donors (Lipinski definition) is 1. The van der Waals surface area contributed by atoms with Crippen LogP contribution in [0.3, 0.4) is 0 Å². The van der Waals surface area contributed by atoms with Crippen molar-refractivity contribution < 1.29 is 9.47 Å². The average Bonchev–Trinajstić information content (AvgIpc) is 2.39. The summed E-state index contributed by atoms with van der Waals surface area (Å²) in [5.41, 5.74) is -0.410. The van der Waals surface area contributed by atoms with Gasteiger partial charge >= 0.3 is 0 Å². The van der Waals surface area contributed by atoms with E-state index in [1.807, 2.05) is 6.92 Å². The highest BCUT2D eigenvalue weighted by Crippen LogP contribution is 2.15. The molecule has 1 aliphatic rings. The van der Waals surface area contributed by atoms with Gasteiger partial charge in [-0.1, -0.05) is 0 Å². The summed E-state index contributed by atoms with van der Waals surface area (Å²) in [4.78, 5) is 0. The summed E-state index contributed by atoms with van der Waals surface area (Å²) < 4.78 is 11.1. The molecule has 0 spiro atoms. The van der Waals surface area contributed by atoms with E-state index in [1.165, 1.54) is 0 Å². The zero-order chi connectivity index (χ0) is 14.1. The van der Waals surface area contributed by atoms with E-state index in [0.29, 0.717) is 12.1 Å². The highest BCUT2D eigenvalue weighted by molar-refractivity contribution is 5.04. The number of rotatable bonds is 8. The predicted molar refractivity (Wildman–Crippen MR) is 75.9 cm³/mol. The van der Waals surface area contributed by atoms with Crippen LogP contribution in [0.15, 0.2) is 0 Å². The molecule has 0 bridgehead atoms. The Hall–Kier alpha value is -0.630. The van der Waals surface area contributed by atoms with E-state index in [1.54, 1.807) is 0 Å². The summed E-state index contributed by atoms with van der Waals surface area (Å²) in [5.74, 6) is 0. The minimum atomic E-state index is -0.410. The molecule has 0 aromatic rings. The Morgan fingerprint density at radius 3 is 2.63 bits per heavy atom. The fourth-order valence-corrected chi connectivity index (χ4v) is 2.47. The van der Waals surface area contributed by atoms with Gasteiger partial charge in [-0.2, -0.15) is 5.26 Å². The van der Waals surface area contributed by atoms with Gasteiger partial charge in [0.2, 0.25) is 0 Å². The lowest BCUT2D eigenvalue weighted by atomic mass is 9.96. The average molecular weight is 268 g/mol. The van der Waals surface area contributed by atoms with E-state index in [4.69, 9.17) is 9.47 Å². The van der Waals surface area contributed by atoms with E-state index < -0.39 is 5.54 Å². The van der Waals surface area contributed by atoms with E-state index in [9.17, 15) is 5.26 Å². The largest absolute Gasteiger partial charge is 0.381 e. The molecule has 110 valence electrons. The molecule has 0 aromatic heterocycles. The van der Waals surface area contributed by atoms with Crippen LogP contribution in [0.5, 0.6) is 0 Å². The molecular weight excluding hydrogens is 240 g/mol. The van der Waals surface area contributed by atoms with Crippen LogP contribution in [0.25, 0.3) is 0 Å².